The van der Waals surface area contributed by atoms with Gasteiger partial charge in [0, 0.05) is 55.9 Å². The van der Waals surface area contributed by atoms with Gasteiger partial charge >= 0.3 is 0 Å². The molecule has 7 nitrogen and oxygen atoms in total. The normalized spacial score (nSPS) is 18.4. The van der Waals surface area contributed by atoms with E-state index in [0.717, 1.165) is 24.5 Å². The van der Waals surface area contributed by atoms with Gasteiger partial charge in [-0.25, -0.2) is 8.42 Å². The molecule has 2 fully saturated rings. The highest BCUT2D eigenvalue weighted by molar-refractivity contribution is 7.89. The minimum Gasteiger partial charge on any atom is -0.497 e. The van der Waals surface area contributed by atoms with Crippen LogP contribution in [-0.2, 0) is 14.8 Å². The summed E-state index contributed by atoms with van der Waals surface area (Å²) in [4.78, 5) is 17.3. The molecule has 0 spiro atoms. The first kappa shape index (κ1) is 24.1. The van der Waals surface area contributed by atoms with E-state index < -0.39 is 10.0 Å². The van der Waals surface area contributed by atoms with Crippen molar-refractivity contribution >= 4 is 44.8 Å². The summed E-state index contributed by atoms with van der Waals surface area (Å²) >= 11 is 12.1. The second kappa shape index (κ2) is 10.1. The zero-order valence-electron chi connectivity index (χ0n) is 18.4. The van der Waals surface area contributed by atoms with Gasteiger partial charge in [0.1, 0.15) is 10.6 Å². The summed E-state index contributed by atoms with van der Waals surface area (Å²) in [7, 11) is -2.11. The van der Waals surface area contributed by atoms with E-state index in [1.165, 1.54) is 16.4 Å². The van der Waals surface area contributed by atoms with Gasteiger partial charge in [-0.05, 0) is 55.3 Å². The molecule has 2 aliphatic heterocycles. The first-order chi connectivity index (χ1) is 15.8. The lowest BCUT2D eigenvalue weighted by atomic mass is 9.96. The monoisotopic (exact) mass is 511 g/mol. The van der Waals surface area contributed by atoms with E-state index in [0.29, 0.717) is 31.0 Å². The van der Waals surface area contributed by atoms with E-state index in [9.17, 15) is 13.2 Å². The number of anilines is 1. The second-order valence-electron chi connectivity index (χ2n) is 8.26. The zero-order valence-corrected chi connectivity index (χ0v) is 20.7. The van der Waals surface area contributed by atoms with Gasteiger partial charge in [0.2, 0.25) is 15.9 Å². The van der Waals surface area contributed by atoms with E-state index in [2.05, 4.69) is 4.90 Å². The molecule has 0 aliphatic carbocycles. The van der Waals surface area contributed by atoms with Crippen LogP contribution in [0.25, 0.3) is 0 Å². The van der Waals surface area contributed by atoms with Crippen LogP contribution in [0.3, 0.4) is 0 Å². The van der Waals surface area contributed by atoms with Crippen molar-refractivity contribution in [2.24, 2.45) is 5.92 Å². The van der Waals surface area contributed by atoms with Crippen LogP contribution in [-0.4, -0.2) is 69.9 Å². The Hall–Kier alpha value is -2.00. The number of nitrogens with zero attached hydrogens (tertiary/aromatic N) is 3. The number of amides is 1. The predicted octanol–water partition coefficient (Wildman–Crippen LogP) is 3.75. The molecule has 4 rings (SSSR count). The average Bonchev–Trinajstić information content (AvgIpc) is 2.85. The van der Waals surface area contributed by atoms with Crippen LogP contribution in [0.4, 0.5) is 5.69 Å². The minimum absolute atomic E-state index is 0.0103. The molecule has 0 saturated carbocycles. The highest BCUT2D eigenvalue weighted by Gasteiger charge is 2.35. The van der Waals surface area contributed by atoms with E-state index >= 15 is 0 Å². The SMILES string of the molecule is COc1ccc(N2CCN(C(=O)C3CCN(S(=O)(=O)c4cc(Cl)ccc4Cl)CC3)CC2)cc1. The maximum absolute atomic E-state index is 13.1. The molecule has 0 bridgehead atoms. The number of sulfonamides is 1. The van der Waals surface area contributed by atoms with E-state index in [-0.39, 0.29) is 34.8 Å². The number of piperazine rings is 1. The highest BCUT2D eigenvalue weighted by Crippen LogP contribution is 2.31. The standard InChI is InChI=1S/C23H27Cl2N3O4S/c1-32-20-5-3-19(4-6-20)26-12-14-27(15-13-26)23(29)17-8-10-28(11-9-17)33(30,31)22-16-18(24)2-7-21(22)25/h2-7,16-17H,8-15H2,1H3. The summed E-state index contributed by atoms with van der Waals surface area (Å²) in [5.41, 5.74) is 1.11. The number of methoxy groups -OCH3 is 1. The molecular formula is C23H27Cl2N3O4S. The summed E-state index contributed by atoms with van der Waals surface area (Å²) in [6.45, 7) is 3.40. The predicted molar refractivity (Wildman–Crippen MR) is 130 cm³/mol. The fourth-order valence-electron chi connectivity index (χ4n) is 4.39. The van der Waals surface area contributed by atoms with E-state index in [1.807, 2.05) is 29.2 Å². The van der Waals surface area contributed by atoms with E-state index in [1.54, 1.807) is 13.2 Å². The van der Waals surface area contributed by atoms with Crippen molar-refractivity contribution in [3.63, 3.8) is 0 Å². The summed E-state index contributed by atoms with van der Waals surface area (Å²) in [5.74, 6) is 0.764. The number of halogens is 2. The van der Waals surface area contributed by atoms with Crippen LogP contribution < -0.4 is 9.64 Å². The molecule has 2 aliphatic rings. The third kappa shape index (κ3) is 5.24. The van der Waals surface area contributed by atoms with Crippen LogP contribution in [0.5, 0.6) is 5.75 Å². The van der Waals surface area contributed by atoms with Crippen molar-refractivity contribution in [2.75, 3.05) is 51.3 Å². The number of hydrogen-bond donors (Lipinski definition) is 0. The summed E-state index contributed by atoms with van der Waals surface area (Å²) in [6.07, 6.45) is 0.990. The Balaban J connectivity index is 1.32. The van der Waals surface area contributed by atoms with Gasteiger partial charge in [0.25, 0.3) is 0 Å². The summed E-state index contributed by atoms with van der Waals surface area (Å²) in [5, 5.41) is 0.462. The maximum Gasteiger partial charge on any atom is 0.244 e. The molecular weight excluding hydrogens is 485 g/mol. The number of benzene rings is 2. The average molecular weight is 512 g/mol. The van der Waals surface area contributed by atoms with Gasteiger partial charge in [0.05, 0.1) is 12.1 Å². The number of carbonyl (C=O) groups is 1. The first-order valence-corrected chi connectivity index (χ1v) is 13.1. The van der Waals surface area contributed by atoms with Crippen LogP contribution in [0.2, 0.25) is 10.0 Å². The number of ether oxygens (including phenoxy) is 1. The molecule has 33 heavy (non-hydrogen) atoms. The van der Waals surface area contributed by atoms with Crippen molar-refractivity contribution in [3.8, 4) is 5.75 Å². The molecule has 0 N–H and O–H groups in total. The Kier molecular flexibility index (Phi) is 7.38. The van der Waals surface area contributed by atoms with Crippen molar-refractivity contribution in [3.05, 3.63) is 52.5 Å². The zero-order chi connectivity index (χ0) is 23.6. The molecule has 0 unspecified atom stereocenters. The van der Waals surface area contributed by atoms with Crippen LogP contribution in [0.15, 0.2) is 47.4 Å². The molecule has 0 atom stereocenters. The first-order valence-electron chi connectivity index (χ1n) is 10.9. The van der Waals surface area contributed by atoms with Crippen molar-refractivity contribution in [1.82, 2.24) is 9.21 Å². The molecule has 178 valence electrons. The lowest BCUT2D eigenvalue weighted by molar-refractivity contribution is -0.137. The maximum atomic E-state index is 13.1. The van der Waals surface area contributed by atoms with Crippen LogP contribution in [0.1, 0.15) is 12.8 Å². The molecule has 2 heterocycles. The number of piperidine rings is 1. The third-order valence-corrected chi connectivity index (χ3v) is 8.96. The van der Waals surface area contributed by atoms with Crippen molar-refractivity contribution < 1.29 is 17.9 Å². The molecule has 2 aromatic rings. The van der Waals surface area contributed by atoms with Gasteiger partial charge in [-0.2, -0.15) is 4.31 Å². The van der Waals surface area contributed by atoms with Gasteiger partial charge < -0.3 is 14.5 Å². The quantitative estimate of drug-likeness (QED) is 0.611. The summed E-state index contributed by atoms with van der Waals surface area (Å²) < 4.78 is 32.7. The largest absolute Gasteiger partial charge is 0.497 e. The molecule has 1 amide bonds. The third-order valence-electron chi connectivity index (χ3n) is 6.34. The lowest BCUT2D eigenvalue weighted by Gasteiger charge is -2.39. The Morgan fingerprint density at radius 1 is 0.939 bits per heavy atom. The Morgan fingerprint density at radius 2 is 1.58 bits per heavy atom. The van der Waals surface area contributed by atoms with Crippen molar-refractivity contribution in [2.45, 2.75) is 17.7 Å². The van der Waals surface area contributed by atoms with Gasteiger partial charge in [-0.1, -0.05) is 23.2 Å². The van der Waals surface area contributed by atoms with Gasteiger partial charge in [-0.15, -0.1) is 0 Å². The minimum atomic E-state index is -3.76. The Bertz CT molecular complexity index is 1100. The van der Waals surface area contributed by atoms with Crippen molar-refractivity contribution in [1.29, 1.82) is 0 Å². The summed E-state index contributed by atoms with van der Waals surface area (Å²) in [6, 6.07) is 12.3. The molecule has 2 saturated heterocycles. The van der Waals surface area contributed by atoms with E-state index in [4.69, 9.17) is 27.9 Å². The Labute approximate surface area is 204 Å². The van der Waals surface area contributed by atoms with Gasteiger partial charge in [-0.3, -0.25) is 4.79 Å². The second-order valence-corrected chi connectivity index (χ2v) is 11.0. The van der Waals surface area contributed by atoms with Gasteiger partial charge in [0.15, 0.2) is 0 Å². The van der Waals surface area contributed by atoms with Crippen LogP contribution in [0, 0.1) is 5.92 Å². The topological polar surface area (TPSA) is 70.2 Å². The van der Waals surface area contributed by atoms with Crippen LogP contribution >= 0.6 is 23.2 Å². The number of carbonyl (C=O) groups excluding carboxylic acids is 1. The molecule has 2 aromatic carbocycles. The molecule has 10 heteroatoms. The molecule has 0 aromatic heterocycles. The Morgan fingerprint density at radius 3 is 2.18 bits per heavy atom. The number of hydrogen-bond acceptors (Lipinski definition) is 5. The molecule has 0 radical (unpaired) electrons. The smallest absolute Gasteiger partial charge is 0.244 e. The fourth-order valence-corrected chi connectivity index (χ4v) is 6.60. The highest BCUT2D eigenvalue weighted by atomic mass is 35.5. The lowest BCUT2D eigenvalue weighted by Crippen LogP contribution is -2.52. The fraction of sp³-hybridized carbons (Fsp3) is 0.435. The number of rotatable bonds is 5.